The number of rotatable bonds is 3. The fraction of sp³-hybridized carbons (Fsp3) is 0.429. The number of ether oxygens (including phenoxy) is 1. The Morgan fingerprint density at radius 2 is 2.06 bits per heavy atom. The van der Waals surface area contributed by atoms with E-state index in [0.29, 0.717) is 0 Å². The predicted molar refractivity (Wildman–Crippen MR) is 56.1 cm³/mol. The Morgan fingerprint density at radius 3 is 2.44 bits per heavy atom. The number of esters is 1. The van der Waals surface area contributed by atoms with Crippen LogP contribution < -0.4 is 0 Å². The second-order valence-corrected chi connectivity index (χ2v) is 6.55. The Kier molecular flexibility index (Phi) is 4.23. The van der Waals surface area contributed by atoms with Crippen molar-refractivity contribution in [2.75, 3.05) is 6.61 Å². The molecule has 0 aliphatic carbocycles. The van der Waals surface area contributed by atoms with Crippen molar-refractivity contribution in [1.29, 1.82) is 0 Å². The molecule has 0 radical (unpaired) electrons. The van der Waals surface area contributed by atoms with Gasteiger partial charge in [0.1, 0.15) is 4.88 Å². The van der Waals surface area contributed by atoms with Gasteiger partial charge in [0.05, 0.1) is 6.61 Å². The molecular weight excluding hydrogens is 319 g/mol. The van der Waals surface area contributed by atoms with E-state index < -0.39 is 36.1 Å². The lowest BCUT2D eigenvalue weighted by Crippen LogP contribution is -2.13. The molecule has 0 aliphatic heterocycles. The summed E-state index contributed by atoms with van der Waals surface area (Å²) in [6, 6.07) is 0. The molecule has 1 heterocycles. The van der Waals surface area contributed by atoms with Gasteiger partial charge in [-0.1, -0.05) is 11.3 Å². The van der Waals surface area contributed by atoms with Crippen molar-refractivity contribution in [1.82, 2.24) is 4.98 Å². The van der Waals surface area contributed by atoms with Crippen LogP contribution in [0, 0.1) is 0 Å². The minimum Gasteiger partial charge on any atom is -0.462 e. The summed E-state index contributed by atoms with van der Waals surface area (Å²) in [4.78, 5) is 13.2. The number of halogens is 4. The molecule has 0 fully saturated rings. The van der Waals surface area contributed by atoms with E-state index in [0.717, 1.165) is 0 Å². The first-order valence-corrected chi connectivity index (χ1v) is 7.39. The SMILES string of the molecule is CCOC(=O)c1sc(S(=O)(=O)Cl)nc1C(F)(F)F. The zero-order valence-electron chi connectivity index (χ0n) is 8.62. The molecule has 1 aromatic heterocycles. The Balaban J connectivity index is 3.40. The van der Waals surface area contributed by atoms with Gasteiger partial charge < -0.3 is 4.74 Å². The van der Waals surface area contributed by atoms with Crippen LogP contribution >= 0.6 is 22.0 Å². The summed E-state index contributed by atoms with van der Waals surface area (Å²) in [6.45, 7) is 1.24. The van der Waals surface area contributed by atoms with Gasteiger partial charge in [0.2, 0.25) is 4.34 Å². The second kappa shape index (κ2) is 5.02. The lowest BCUT2D eigenvalue weighted by atomic mass is 10.3. The summed E-state index contributed by atoms with van der Waals surface area (Å²) in [5, 5.41) is 0. The summed E-state index contributed by atoms with van der Waals surface area (Å²) in [5.41, 5.74) is -1.62. The first kappa shape index (κ1) is 15.2. The van der Waals surface area contributed by atoms with Gasteiger partial charge in [-0.15, -0.1) is 0 Å². The second-order valence-electron chi connectivity index (χ2n) is 2.81. The van der Waals surface area contributed by atoms with Gasteiger partial charge >= 0.3 is 12.1 Å². The van der Waals surface area contributed by atoms with Gasteiger partial charge in [-0.3, -0.25) is 0 Å². The van der Waals surface area contributed by atoms with E-state index in [4.69, 9.17) is 10.7 Å². The van der Waals surface area contributed by atoms with Crippen LogP contribution in [0.1, 0.15) is 22.3 Å². The molecule has 0 aliphatic rings. The summed E-state index contributed by atoms with van der Waals surface area (Å²) in [5.74, 6) is -1.30. The Hall–Kier alpha value is -0.870. The molecule has 5 nitrogen and oxygen atoms in total. The number of carbonyl (C=O) groups excluding carboxylic acids is 1. The van der Waals surface area contributed by atoms with Crippen LogP contribution in [0.15, 0.2) is 4.34 Å². The molecule has 0 saturated carbocycles. The highest BCUT2D eigenvalue weighted by molar-refractivity contribution is 8.15. The summed E-state index contributed by atoms with van der Waals surface area (Å²) >= 11 is 0.0158. The minimum absolute atomic E-state index is 0.0158. The Labute approximate surface area is 108 Å². The fourth-order valence-electron chi connectivity index (χ4n) is 0.932. The van der Waals surface area contributed by atoms with Crippen molar-refractivity contribution < 1.29 is 31.1 Å². The quantitative estimate of drug-likeness (QED) is 0.630. The van der Waals surface area contributed by atoms with Crippen LogP contribution in [-0.4, -0.2) is 26.0 Å². The predicted octanol–water partition coefficient (Wildman–Crippen LogP) is 2.27. The molecule has 0 saturated heterocycles. The maximum absolute atomic E-state index is 12.5. The number of carbonyl (C=O) groups is 1. The zero-order chi connectivity index (χ0) is 14.1. The lowest BCUT2D eigenvalue weighted by Gasteiger charge is -2.04. The van der Waals surface area contributed by atoms with Crippen LogP contribution in [0.2, 0.25) is 0 Å². The summed E-state index contributed by atoms with van der Waals surface area (Å²) in [7, 11) is 0.435. The molecule has 1 aromatic rings. The van der Waals surface area contributed by atoms with Gasteiger partial charge in [0.25, 0.3) is 9.05 Å². The molecule has 0 aromatic carbocycles. The third-order valence-electron chi connectivity index (χ3n) is 1.55. The van der Waals surface area contributed by atoms with E-state index in [-0.39, 0.29) is 17.9 Å². The average molecular weight is 324 g/mol. The van der Waals surface area contributed by atoms with Crippen molar-refractivity contribution in [3.63, 3.8) is 0 Å². The first-order chi connectivity index (χ1) is 8.07. The number of alkyl halides is 3. The Morgan fingerprint density at radius 1 is 1.50 bits per heavy atom. The van der Waals surface area contributed by atoms with Crippen molar-refractivity contribution in [2.24, 2.45) is 0 Å². The van der Waals surface area contributed by atoms with E-state index in [1.165, 1.54) is 6.92 Å². The van der Waals surface area contributed by atoms with Crippen molar-refractivity contribution in [3.8, 4) is 0 Å². The van der Waals surface area contributed by atoms with E-state index in [2.05, 4.69) is 9.72 Å². The highest BCUT2D eigenvalue weighted by atomic mass is 35.7. The summed E-state index contributed by atoms with van der Waals surface area (Å²) in [6.07, 6.45) is -4.97. The van der Waals surface area contributed by atoms with Crippen LogP contribution in [0.4, 0.5) is 13.2 Å². The highest BCUT2D eigenvalue weighted by Gasteiger charge is 2.41. The van der Waals surface area contributed by atoms with Crippen LogP contribution in [0.5, 0.6) is 0 Å². The van der Waals surface area contributed by atoms with Gasteiger partial charge in [0, 0.05) is 10.7 Å². The average Bonchev–Trinajstić information content (AvgIpc) is 2.60. The third-order valence-corrected chi connectivity index (χ3v) is 4.51. The van der Waals surface area contributed by atoms with E-state index in [1.54, 1.807) is 0 Å². The van der Waals surface area contributed by atoms with E-state index in [9.17, 15) is 26.4 Å². The number of thiazole rings is 1. The van der Waals surface area contributed by atoms with E-state index in [1.807, 2.05) is 0 Å². The highest BCUT2D eigenvalue weighted by Crippen LogP contribution is 2.36. The monoisotopic (exact) mass is 323 g/mol. The lowest BCUT2D eigenvalue weighted by molar-refractivity contribution is -0.141. The first-order valence-electron chi connectivity index (χ1n) is 4.27. The number of aromatic nitrogens is 1. The normalized spacial score (nSPS) is 12.5. The number of hydrogen-bond acceptors (Lipinski definition) is 6. The van der Waals surface area contributed by atoms with Crippen molar-refractivity contribution >= 4 is 37.0 Å². The third kappa shape index (κ3) is 3.33. The molecule has 0 amide bonds. The van der Waals surface area contributed by atoms with Crippen molar-refractivity contribution in [2.45, 2.75) is 17.4 Å². The van der Waals surface area contributed by atoms with Crippen molar-refractivity contribution in [3.05, 3.63) is 10.6 Å². The number of hydrogen-bond donors (Lipinski definition) is 0. The van der Waals surface area contributed by atoms with Crippen LogP contribution in [-0.2, 0) is 20.0 Å². The molecule has 11 heteroatoms. The molecule has 0 unspecified atom stereocenters. The standard InChI is InChI=1S/C7H5ClF3NO4S2/c1-2-16-5(13)3-4(7(9,10)11)12-6(17-3)18(8,14)15/h2H2,1H3. The molecule has 0 atom stereocenters. The Bertz CT molecular complexity index is 566. The van der Waals surface area contributed by atoms with E-state index >= 15 is 0 Å². The smallest absolute Gasteiger partial charge is 0.435 e. The minimum atomic E-state index is -4.97. The maximum atomic E-state index is 12.5. The topological polar surface area (TPSA) is 73.3 Å². The maximum Gasteiger partial charge on any atom is 0.435 e. The zero-order valence-corrected chi connectivity index (χ0v) is 11.0. The van der Waals surface area contributed by atoms with Crippen LogP contribution in [0.25, 0.3) is 0 Å². The number of nitrogens with zero attached hydrogens (tertiary/aromatic N) is 1. The van der Waals surface area contributed by atoms with Gasteiger partial charge in [-0.2, -0.15) is 13.2 Å². The summed E-state index contributed by atoms with van der Waals surface area (Å²) < 4.78 is 62.8. The van der Waals surface area contributed by atoms with Crippen LogP contribution in [0.3, 0.4) is 0 Å². The van der Waals surface area contributed by atoms with Gasteiger partial charge in [-0.25, -0.2) is 18.2 Å². The fourth-order valence-corrected chi connectivity index (χ4v) is 2.88. The largest absolute Gasteiger partial charge is 0.462 e. The molecule has 1 rings (SSSR count). The molecule has 102 valence electrons. The molecule has 18 heavy (non-hydrogen) atoms. The van der Waals surface area contributed by atoms with Gasteiger partial charge in [0.15, 0.2) is 5.69 Å². The molecule has 0 N–H and O–H groups in total. The molecule has 0 bridgehead atoms. The molecule has 0 spiro atoms. The van der Waals surface area contributed by atoms with Gasteiger partial charge in [-0.05, 0) is 6.92 Å². The molecular formula is C7H5ClF3NO4S2.